The first-order chi connectivity index (χ1) is 6.63. The fraction of sp³-hybridized carbons (Fsp3) is 0.500. The highest BCUT2D eigenvalue weighted by Gasteiger charge is 2.07. The molecule has 0 amide bonds. The molecule has 0 spiro atoms. The van der Waals surface area contributed by atoms with Crippen LogP contribution in [0.25, 0.3) is 0 Å². The van der Waals surface area contributed by atoms with E-state index < -0.39 is 6.10 Å². The Kier molecular flexibility index (Phi) is 3.85. The van der Waals surface area contributed by atoms with Crippen molar-refractivity contribution in [1.82, 2.24) is 4.98 Å². The van der Waals surface area contributed by atoms with E-state index in [1.807, 2.05) is 13.8 Å². The van der Waals surface area contributed by atoms with E-state index in [-0.39, 0.29) is 12.6 Å². The monoisotopic (exact) mass is 196 g/mol. The number of aliphatic hydroxyl groups excluding tert-OH is 1. The van der Waals surface area contributed by atoms with Crippen LogP contribution in [0.5, 0.6) is 5.88 Å². The zero-order valence-electron chi connectivity index (χ0n) is 8.47. The van der Waals surface area contributed by atoms with Gasteiger partial charge in [-0.25, -0.2) is 4.98 Å². The summed E-state index contributed by atoms with van der Waals surface area (Å²) in [5.41, 5.74) is 6.08. The Labute approximate surface area is 83.7 Å². The number of aliphatic hydroxyl groups is 1. The molecule has 1 aromatic rings. The number of ether oxygens (including phenoxy) is 1. The summed E-state index contributed by atoms with van der Waals surface area (Å²) in [5.74, 6) is 0.519. The molecule has 4 nitrogen and oxygen atoms in total. The molecule has 0 aliphatic heterocycles. The van der Waals surface area contributed by atoms with Gasteiger partial charge in [0.2, 0.25) is 5.88 Å². The molecule has 0 fully saturated rings. The summed E-state index contributed by atoms with van der Waals surface area (Å²) < 4.78 is 5.39. The van der Waals surface area contributed by atoms with E-state index in [0.717, 1.165) is 5.56 Å². The molecule has 0 saturated carbocycles. The van der Waals surface area contributed by atoms with Gasteiger partial charge in [0.15, 0.2) is 0 Å². The molecule has 1 heterocycles. The fourth-order valence-corrected chi connectivity index (χ4v) is 1.07. The maximum absolute atomic E-state index is 9.48. The van der Waals surface area contributed by atoms with Crippen LogP contribution in [0.15, 0.2) is 18.3 Å². The highest BCUT2D eigenvalue weighted by atomic mass is 16.5. The van der Waals surface area contributed by atoms with Crippen LogP contribution in [-0.4, -0.2) is 22.7 Å². The largest absolute Gasteiger partial charge is 0.475 e. The van der Waals surface area contributed by atoms with Crippen molar-refractivity contribution in [2.45, 2.75) is 26.1 Å². The number of hydrogen-bond acceptors (Lipinski definition) is 4. The number of nitrogens with zero attached hydrogens (tertiary/aromatic N) is 1. The van der Waals surface area contributed by atoms with Crippen molar-refractivity contribution >= 4 is 0 Å². The van der Waals surface area contributed by atoms with Gasteiger partial charge in [-0.3, -0.25) is 0 Å². The first-order valence-corrected chi connectivity index (χ1v) is 4.64. The van der Waals surface area contributed by atoms with E-state index >= 15 is 0 Å². The standard InChI is InChI=1S/C10H16N2O2/c1-7(2)14-10-5-8(3-4-12-10)9(13)6-11/h3-5,7,9,13H,6,11H2,1-2H3. The maximum Gasteiger partial charge on any atom is 0.213 e. The molecule has 14 heavy (non-hydrogen) atoms. The van der Waals surface area contributed by atoms with Gasteiger partial charge in [-0.15, -0.1) is 0 Å². The van der Waals surface area contributed by atoms with Gasteiger partial charge in [0.1, 0.15) is 0 Å². The molecule has 1 rings (SSSR count). The number of nitrogens with two attached hydrogens (primary N) is 1. The van der Waals surface area contributed by atoms with Crippen LogP contribution in [0.3, 0.4) is 0 Å². The molecule has 0 aliphatic rings. The number of aromatic nitrogens is 1. The minimum Gasteiger partial charge on any atom is -0.475 e. The van der Waals surface area contributed by atoms with Gasteiger partial charge in [0.05, 0.1) is 12.2 Å². The smallest absolute Gasteiger partial charge is 0.213 e. The molecule has 1 unspecified atom stereocenters. The highest BCUT2D eigenvalue weighted by Crippen LogP contribution is 2.16. The zero-order chi connectivity index (χ0) is 10.6. The van der Waals surface area contributed by atoms with Crippen molar-refractivity contribution in [1.29, 1.82) is 0 Å². The summed E-state index contributed by atoms with van der Waals surface area (Å²) in [4.78, 5) is 4.02. The summed E-state index contributed by atoms with van der Waals surface area (Å²) >= 11 is 0. The van der Waals surface area contributed by atoms with E-state index in [4.69, 9.17) is 10.5 Å². The lowest BCUT2D eigenvalue weighted by Crippen LogP contribution is -2.12. The molecular weight excluding hydrogens is 180 g/mol. The van der Waals surface area contributed by atoms with Gasteiger partial charge in [0, 0.05) is 18.8 Å². The predicted octanol–water partition coefficient (Wildman–Crippen LogP) is 0.861. The van der Waals surface area contributed by atoms with Crippen molar-refractivity contribution in [2.75, 3.05) is 6.54 Å². The van der Waals surface area contributed by atoms with Crippen LogP contribution < -0.4 is 10.5 Å². The van der Waals surface area contributed by atoms with Crippen molar-refractivity contribution in [2.24, 2.45) is 5.73 Å². The third kappa shape index (κ3) is 2.97. The molecule has 1 atom stereocenters. The van der Waals surface area contributed by atoms with Crippen molar-refractivity contribution < 1.29 is 9.84 Å². The van der Waals surface area contributed by atoms with E-state index in [2.05, 4.69) is 4.98 Å². The summed E-state index contributed by atoms with van der Waals surface area (Å²) in [7, 11) is 0. The van der Waals surface area contributed by atoms with Crippen LogP contribution in [0.2, 0.25) is 0 Å². The average Bonchev–Trinajstić information content (AvgIpc) is 2.16. The highest BCUT2D eigenvalue weighted by molar-refractivity contribution is 5.22. The predicted molar refractivity (Wildman–Crippen MR) is 54.0 cm³/mol. The first kappa shape index (κ1) is 10.9. The van der Waals surface area contributed by atoms with Gasteiger partial charge in [-0.2, -0.15) is 0 Å². The molecule has 0 bridgehead atoms. The van der Waals surface area contributed by atoms with Gasteiger partial charge in [-0.1, -0.05) is 0 Å². The molecule has 0 aliphatic carbocycles. The Hall–Kier alpha value is -1.13. The minimum atomic E-state index is -0.646. The van der Waals surface area contributed by atoms with Crippen LogP contribution in [0, 0.1) is 0 Å². The first-order valence-electron chi connectivity index (χ1n) is 4.64. The van der Waals surface area contributed by atoms with E-state index in [1.165, 1.54) is 0 Å². The molecule has 4 heteroatoms. The summed E-state index contributed by atoms with van der Waals surface area (Å²) in [6.45, 7) is 4.05. The molecule has 78 valence electrons. The summed E-state index contributed by atoms with van der Waals surface area (Å²) in [6.07, 6.45) is 1.03. The number of rotatable bonds is 4. The normalized spacial score (nSPS) is 12.9. The Bertz CT molecular complexity index is 289. The lowest BCUT2D eigenvalue weighted by atomic mass is 10.1. The Balaban J connectivity index is 2.78. The van der Waals surface area contributed by atoms with Crippen LogP contribution in [0.1, 0.15) is 25.5 Å². The second-order valence-electron chi connectivity index (χ2n) is 3.35. The third-order valence-electron chi connectivity index (χ3n) is 1.72. The van der Waals surface area contributed by atoms with Crippen LogP contribution in [0.4, 0.5) is 0 Å². The summed E-state index contributed by atoms with van der Waals surface area (Å²) in [5, 5.41) is 9.48. The summed E-state index contributed by atoms with van der Waals surface area (Å²) in [6, 6.07) is 3.43. The number of hydrogen-bond donors (Lipinski definition) is 2. The lowest BCUT2D eigenvalue weighted by Gasteiger charge is -2.11. The zero-order valence-corrected chi connectivity index (χ0v) is 8.47. The molecule has 0 aromatic carbocycles. The van der Waals surface area contributed by atoms with Gasteiger partial charge < -0.3 is 15.6 Å². The van der Waals surface area contributed by atoms with E-state index in [1.54, 1.807) is 18.3 Å². The molecular formula is C10H16N2O2. The lowest BCUT2D eigenvalue weighted by molar-refractivity contribution is 0.184. The minimum absolute atomic E-state index is 0.0766. The van der Waals surface area contributed by atoms with Crippen molar-refractivity contribution in [3.8, 4) is 5.88 Å². The van der Waals surface area contributed by atoms with E-state index in [9.17, 15) is 5.11 Å². The van der Waals surface area contributed by atoms with Gasteiger partial charge in [-0.05, 0) is 25.5 Å². The number of pyridine rings is 1. The molecule has 1 aromatic heterocycles. The van der Waals surface area contributed by atoms with Crippen molar-refractivity contribution in [3.63, 3.8) is 0 Å². The second-order valence-corrected chi connectivity index (χ2v) is 3.35. The van der Waals surface area contributed by atoms with Crippen LogP contribution in [-0.2, 0) is 0 Å². The molecule has 0 radical (unpaired) electrons. The van der Waals surface area contributed by atoms with Crippen molar-refractivity contribution in [3.05, 3.63) is 23.9 Å². The SMILES string of the molecule is CC(C)Oc1cc(C(O)CN)ccn1. The van der Waals surface area contributed by atoms with E-state index in [0.29, 0.717) is 5.88 Å². The molecule has 3 N–H and O–H groups in total. The quantitative estimate of drug-likeness (QED) is 0.749. The Morgan fingerprint density at radius 3 is 2.86 bits per heavy atom. The Morgan fingerprint density at radius 2 is 2.29 bits per heavy atom. The third-order valence-corrected chi connectivity index (χ3v) is 1.72. The fourth-order valence-electron chi connectivity index (χ4n) is 1.07. The van der Waals surface area contributed by atoms with Crippen LogP contribution >= 0.6 is 0 Å². The van der Waals surface area contributed by atoms with Gasteiger partial charge >= 0.3 is 0 Å². The van der Waals surface area contributed by atoms with Gasteiger partial charge in [0.25, 0.3) is 0 Å². The Morgan fingerprint density at radius 1 is 1.57 bits per heavy atom. The maximum atomic E-state index is 9.48. The topological polar surface area (TPSA) is 68.4 Å². The second kappa shape index (κ2) is 4.93. The average molecular weight is 196 g/mol. The molecule has 0 saturated heterocycles.